The molecule has 0 saturated carbocycles. The van der Waals surface area contributed by atoms with Gasteiger partial charge in [-0.2, -0.15) is 0 Å². The summed E-state index contributed by atoms with van der Waals surface area (Å²) in [5.41, 5.74) is 2.43. The number of rotatable bonds is 10. The fraction of sp³-hybridized carbons (Fsp3) is 0.409. The zero-order valence-corrected chi connectivity index (χ0v) is 18.3. The Bertz CT molecular complexity index is 922. The molecule has 0 aliphatic rings. The lowest BCUT2D eigenvalue weighted by Crippen LogP contribution is -2.25. The minimum atomic E-state index is -3.69. The van der Waals surface area contributed by atoms with Crippen LogP contribution < -0.4 is 10.0 Å². The minimum absolute atomic E-state index is 0.196. The Morgan fingerprint density at radius 1 is 1.07 bits per heavy atom. The van der Waals surface area contributed by atoms with Crippen LogP contribution in [0.4, 0.5) is 5.69 Å². The van der Waals surface area contributed by atoms with Crippen LogP contribution in [0.3, 0.4) is 0 Å². The highest BCUT2D eigenvalue weighted by atomic mass is 32.2. The molecule has 0 aliphatic heterocycles. The van der Waals surface area contributed by atoms with Gasteiger partial charge in [0.05, 0.1) is 4.90 Å². The Morgan fingerprint density at radius 3 is 2.41 bits per heavy atom. The van der Waals surface area contributed by atoms with Gasteiger partial charge in [-0.1, -0.05) is 26.0 Å². The molecule has 0 saturated heterocycles. The summed E-state index contributed by atoms with van der Waals surface area (Å²) in [7, 11) is -3.69. The Kier molecular flexibility index (Phi) is 8.22. The average molecular weight is 419 g/mol. The average Bonchev–Trinajstić information content (AvgIpc) is 2.66. The van der Waals surface area contributed by atoms with Gasteiger partial charge < -0.3 is 10.1 Å². The summed E-state index contributed by atoms with van der Waals surface area (Å²) in [6.07, 6.45) is 0.742. The van der Waals surface area contributed by atoms with Gasteiger partial charge in [-0.3, -0.25) is 9.52 Å². The maximum absolute atomic E-state index is 12.7. The minimum Gasteiger partial charge on any atom is -0.381 e. The summed E-state index contributed by atoms with van der Waals surface area (Å²) in [6, 6.07) is 11.7. The molecule has 158 valence electrons. The summed E-state index contributed by atoms with van der Waals surface area (Å²) in [4.78, 5) is 12.4. The highest BCUT2D eigenvalue weighted by molar-refractivity contribution is 7.92. The van der Waals surface area contributed by atoms with E-state index in [-0.39, 0.29) is 10.8 Å². The van der Waals surface area contributed by atoms with Gasteiger partial charge in [0.2, 0.25) is 0 Å². The van der Waals surface area contributed by atoms with Crippen molar-refractivity contribution in [3.63, 3.8) is 0 Å². The van der Waals surface area contributed by atoms with Gasteiger partial charge in [0.15, 0.2) is 0 Å². The molecule has 0 atom stereocenters. The number of hydrogen-bond donors (Lipinski definition) is 2. The number of aryl methyl sites for hydroxylation is 2. The van der Waals surface area contributed by atoms with Gasteiger partial charge in [0, 0.05) is 31.0 Å². The van der Waals surface area contributed by atoms with Crippen molar-refractivity contribution in [3.05, 3.63) is 59.2 Å². The molecule has 29 heavy (non-hydrogen) atoms. The second-order valence-electron chi connectivity index (χ2n) is 7.53. The molecule has 6 nitrogen and oxygen atoms in total. The van der Waals surface area contributed by atoms with Crippen molar-refractivity contribution < 1.29 is 17.9 Å². The van der Waals surface area contributed by atoms with Gasteiger partial charge in [-0.15, -0.1) is 0 Å². The molecular formula is C22H30N2O4S. The van der Waals surface area contributed by atoms with Crippen LogP contribution in [0.25, 0.3) is 0 Å². The summed E-state index contributed by atoms with van der Waals surface area (Å²) in [5.74, 6) is 0.299. The second-order valence-corrected chi connectivity index (χ2v) is 9.18. The zero-order valence-electron chi connectivity index (χ0n) is 17.5. The van der Waals surface area contributed by atoms with E-state index in [1.165, 1.54) is 0 Å². The van der Waals surface area contributed by atoms with E-state index in [2.05, 4.69) is 23.9 Å². The van der Waals surface area contributed by atoms with Crippen molar-refractivity contribution in [3.8, 4) is 0 Å². The van der Waals surface area contributed by atoms with E-state index < -0.39 is 10.0 Å². The lowest BCUT2D eigenvalue weighted by atomic mass is 10.2. The van der Waals surface area contributed by atoms with Crippen molar-refractivity contribution in [1.82, 2.24) is 5.32 Å². The number of benzene rings is 2. The molecule has 2 rings (SSSR count). The van der Waals surface area contributed by atoms with E-state index in [0.29, 0.717) is 42.5 Å². The predicted molar refractivity (Wildman–Crippen MR) is 116 cm³/mol. The van der Waals surface area contributed by atoms with Gasteiger partial charge >= 0.3 is 0 Å². The van der Waals surface area contributed by atoms with Crippen LogP contribution in [0, 0.1) is 19.8 Å². The molecule has 0 heterocycles. The molecule has 1 amide bonds. The third kappa shape index (κ3) is 7.18. The highest BCUT2D eigenvalue weighted by Crippen LogP contribution is 2.21. The van der Waals surface area contributed by atoms with Crippen molar-refractivity contribution >= 4 is 21.6 Å². The lowest BCUT2D eigenvalue weighted by Gasteiger charge is -2.12. The molecule has 0 aliphatic carbocycles. The van der Waals surface area contributed by atoms with Crippen molar-refractivity contribution in [2.75, 3.05) is 24.5 Å². The smallest absolute Gasteiger partial charge is 0.262 e. The monoisotopic (exact) mass is 418 g/mol. The number of ether oxygens (including phenoxy) is 1. The Labute approximate surface area is 173 Å². The van der Waals surface area contributed by atoms with E-state index in [4.69, 9.17) is 4.74 Å². The first-order valence-corrected chi connectivity index (χ1v) is 11.2. The van der Waals surface area contributed by atoms with Crippen LogP contribution in [-0.2, 0) is 14.8 Å². The standard InChI is InChI=1S/C22H30N2O4S/c1-16(2)15-28-13-5-12-23-22(25)19-8-10-20(11-9-19)24-29(26,27)21-14-17(3)6-7-18(21)4/h6-11,14,16,24H,5,12-13,15H2,1-4H3,(H,23,25). The molecule has 0 spiro atoms. The molecule has 2 aromatic rings. The number of hydrogen-bond acceptors (Lipinski definition) is 4. The molecule has 0 unspecified atom stereocenters. The number of nitrogens with one attached hydrogen (secondary N) is 2. The third-order valence-electron chi connectivity index (χ3n) is 4.23. The molecule has 0 radical (unpaired) electrons. The van der Waals surface area contributed by atoms with Crippen molar-refractivity contribution in [2.24, 2.45) is 5.92 Å². The molecule has 7 heteroatoms. The zero-order chi connectivity index (χ0) is 21.4. The molecule has 0 aromatic heterocycles. The van der Waals surface area contributed by atoms with Crippen LogP contribution in [-0.4, -0.2) is 34.1 Å². The number of anilines is 1. The molecule has 0 fully saturated rings. The summed E-state index contributed by atoms with van der Waals surface area (Å²) < 4.78 is 33.4. The maximum Gasteiger partial charge on any atom is 0.262 e. The van der Waals surface area contributed by atoms with E-state index in [0.717, 1.165) is 12.0 Å². The normalized spacial score (nSPS) is 11.5. The topological polar surface area (TPSA) is 84.5 Å². The number of amides is 1. The fourth-order valence-corrected chi connectivity index (χ4v) is 4.08. The van der Waals surface area contributed by atoms with Crippen molar-refractivity contribution in [1.29, 1.82) is 0 Å². The van der Waals surface area contributed by atoms with E-state index in [9.17, 15) is 13.2 Å². The Morgan fingerprint density at radius 2 is 1.76 bits per heavy atom. The number of carbonyl (C=O) groups is 1. The van der Waals surface area contributed by atoms with Crippen LogP contribution in [0.15, 0.2) is 47.4 Å². The summed E-state index contributed by atoms with van der Waals surface area (Å²) in [5, 5.41) is 2.84. The lowest BCUT2D eigenvalue weighted by molar-refractivity contribution is 0.0925. The Hall–Kier alpha value is -2.38. The van der Waals surface area contributed by atoms with Gasteiger partial charge in [-0.25, -0.2) is 8.42 Å². The Balaban J connectivity index is 1.91. The molecule has 2 aromatic carbocycles. The molecule has 0 bridgehead atoms. The second kappa shape index (κ2) is 10.4. The fourth-order valence-electron chi connectivity index (χ4n) is 2.69. The highest BCUT2D eigenvalue weighted by Gasteiger charge is 2.17. The van der Waals surface area contributed by atoms with E-state index >= 15 is 0 Å². The quantitative estimate of drug-likeness (QED) is 0.573. The first kappa shape index (κ1) is 22.9. The molecular weight excluding hydrogens is 388 g/mol. The van der Waals surface area contributed by atoms with Crippen LogP contribution in [0.2, 0.25) is 0 Å². The number of carbonyl (C=O) groups excluding carboxylic acids is 1. The first-order chi connectivity index (χ1) is 13.7. The molecule has 2 N–H and O–H groups in total. The predicted octanol–water partition coefficient (Wildman–Crippen LogP) is 3.90. The maximum atomic E-state index is 12.7. The van der Waals surface area contributed by atoms with Gasteiger partial charge in [0.1, 0.15) is 0 Å². The number of sulfonamides is 1. The van der Waals surface area contributed by atoms with E-state index in [1.54, 1.807) is 43.3 Å². The SMILES string of the molecule is Cc1ccc(C)c(S(=O)(=O)Nc2ccc(C(=O)NCCCOCC(C)C)cc2)c1. The van der Waals surface area contributed by atoms with Gasteiger partial charge in [-0.05, 0) is 67.6 Å². The van der Waals surface area contributed by atoms with Crippen LogP contribution in [0.5, 0.6) is 0 Å². The van der Waals surface area contributed by atoms with Crippen LogP contribution >= 0.6 is 0 Å². The summed E-state index contributed by atoms with van der Waals surface area (Å²) in [6.45, 7) is 9.64. The van der Waals surface area contributed by atoms with Gasteiger partial charge in [0.25, 0.3) is 15.9 Å². The first-order valence-electron chi connectivity index (χ1n) is 9.75. The van der Waals surface area contributed by atoms with Crippen LogP contribution in [0.1, 0.15) is 41.8 Å². The summed E-state index contributed by atoms with van der Waals surface area (Å²) >= 11 is 0. The largest absolute Gasteiger partial charge is 0.381 e. The van der Waals surface area contributed by atoms with Crippen molar-refractivity contribution in [2.45, 2.75) is 39.0 Å². The van der Waals surface area contributed by atoms with E-state index in [1.807, 2.05) is 13.0 Å². The third-order valence-corrected chi connectivity index (χ3v) is 5.76.